The van der Waals surface area contributed by atoms with Gasteiger partial charge in [0.2, 0.25) is 5.91 Å². The molecule has 4 aromatic rings. The predicted molar refractivity (Wildman–Crippen MR) is 129 cm³/mol. The van der Waals surface area contributed by atoms with E-state index < -0.39 is 5.82 Å². The van der Waals surface area contributed by atoms with Crippen LogP contribution in [-0.4, -0.2) is 48.9 Å². The number of nitrogens with one attached hydrogen (secondary N) is 2. The Morgan fingerprint density at radius 1 is 1.17 bits per heavy atom. The van der Waals surface area contributed by atoms with Crippen LogP contribution < -0.4 is 10.2 Å². The molecule has 0 spiro atoms. The lowest BCUT2D eigenvalue weighted by Crippen LogP contribution is -2.54. The molecule has 180 valence electrons. The molecule has 0 radical (unpaired) electrons. The van der Waals surface area contributed by atoms with E-state index in [9.17, 15) is 9.18 Å². The lowest BCUT2D eigenvalue weighted by Gasteiger charge is -2.39. The van der Waals surface area contributed by atoms with Gasteiger partial charge in [0.25, 0.3) is 0 Å². The standard InChI is InChI=1S/C25H27FN8O/c1-15-6-21(9-22-8-16(2)31-32-22)30-24(7-15)33-12-19(13-33)25(35)29-17(3)18-4-5-23(27-10-18)34-14-20(26)11-28-34/h4-8,10-11,14,17,19H,9,12-13H2,1-3H3,(H,29,35)(H,31,32)/t17-/m0/s1. The first-order chi connectivity index (χ1) is 16.8. The predicted octanol–water partition coefficient (Wildman–Crippen LogP) is 3.05. The molecular weight excluding hydrogens is 447 g/mol. The van der Waals surface area contributed by atoms with Crippen molar-refractivity contribution in [2.45, 2.75) is 33.2 Å². The lowest BCUT2D eigenvalue weighted by molar-refractivity contribution is -0.126. The van der Waals surface area contributed by atoms with Crippen LogP contribution in [0.4, 0.5) is 10.2 Å². The first-order valence-corrected chi connectivity index (χ1v) is 11.5. The zero-order valence-corrected chi connectivity index (χ0v) is 19.9. The average molecular weight is 475 g/mol. The maximum atomic E-state index is 13.2. The summed E-state index contributed by atoms with van der Waals surface area (Å²) in [5.74, 6) is 0.886. The van der Waals surface area contributed by atoms with Crippen LogP contribution in [-0.2, 0) is 11.2 Å². The molecule has 5 rings (SSSR count). The molecule has 1 amide bonds. The highest BCUT2D eigenvalue weighted by Gasteiger charge is 2.34. The van der Waals surface area contributed by atoms with Gasteiger partial charge in [-0.3, -0.25) is 9.89 Å². The number of rotatable bonds is 7. The molecule has 35 heavy (non-hydrogen) atoms. The summed E-state index contributed by atoms with van der Waals surface area (Å²) in [6.07, 6.45) is 4.73. The smallest absolute Gasteiger partial charge is 0.227 e. The SMILES string of the molecule is Cc1cc(Cc2cc(C)[nH]n2)nc(N2CC(C(=O)N[C@@H](C)c3ccc(-n4cc(F)cn4)nc3)C2)c1. The summed E-state index contributed by atoms with van der Waals surface area (Å²) in [7, 11) is 0. The fraction of sp³-hybridized carbons (Fsp3) is 0.320. The first-order valence-electron chi connectivity index (χ1n) is 11.5. The normalized spacial score (nSPS) is 14.6. The maximum Gasteiger partial charge on any atom is 0.227 e. The lowest BCUT2D eigenvalue weighted by atomic mass is 9.98. The van der Waals surface area contributed by atoms with Crippen molar-refractivity contribution in [2.24, 2.45) is 5.92 Å². The number of H-pyrrole nitrogens is 1. The van der Waals surface area contributed by atoms with Gasteiger partial charge in [0.15, 0.2) is 11.6 Å². The average Bonchev–Trinajstić information content (AvgIpc) is 3.40. The van der Waals surface area contributed by atoms with E-state index in [1.54, 1.807) is 12.3 Å². The Morgan fingerprint density at radius 2 is 2.00 bits per heavy atom. The molecule has 0 aliphatic carbocycles. The van der Waals surface area contributed by atoms with Gasteiger partial charge in [0, 0.05) is 37.1 Å². The maximum absolute atomic E-state index is 13.2. The number of carbonyl (C=O) groups excluding carboxylic acids is 1. The Balaban J connectivity index is 1.16. The van der Waals surface area contributed by atoms with E-state index in [4.69, 9.17) is 4.98 Å². The second kappa shape index (κ2) is 9.28. The zero-order valence-electron chi connectivity index (χ0n) is 19.9. The summed E-state index contributed by atoms with van der Waals surface area (Å²) in [5.41, 5.74) is 4.94. The highest BCUT2D eigenvalue weighted by atomic mass is 19.1. The Bertz CT molecular complexity index is 1340. The molecule has 0 saturated carbocycles. The largest absolute Gasteiger partial charge is 0.355 e. The summed E-state index contributed by atoms with van der Waals surface area (Å²) in [5, 5.41) is 14.3. The quantitative estimate of drug-likeness (QED) is 0.427. The van der Waals surface area contributed by atoms with Crippen molar-refractivity contribution in [3.63, 3.8) is 0 Å². The number of halogens is 1. The Morgan fingerprint density at radius 3 is 2.66 bits per heavy atom. The topological polar surface area (TPSA) is 105 Å². The van der Waals surface area contributed by atoms with E-state index in [2.05, 4.69) is 49.6 Å². The molecule has 9 nitrogen and oxygen atoms in total. The number of nitrogens with zero attached hydrogens (tertiary/aromatic N) is 6. The summed E-state index contributed by atoms with van der Waals surface area (Å²) < 4.78 is 14.5. The van der Waals surface area contributed by atoms with Crippen molar-refractivity contribution in [1.82, 2.24) is 35.3 Å². The van der Waals surface area contributed by atoms with Crippen molar-refractivity contribution < 1.29 is 9.18 Å². The van der Waals surface area contributed by atoms with Crippen LogP contribution in [0.2, 0.25) is 0 Å². The van der Waals surface area contributed by atoms with Gasteiger partial charge in [-0.15, -0.1) is 0 Å². The minimum atomic E-state index is -0.420. The third-order valence-corrected chi connectivity index (χ3v) is 6.12. The summed E-state index contributed by atoms with van der Waals surface area (Å²) >= 11 is 0. The monoisotopic (exact) mass is 474 g/mol. The van der Waals surface area contributed by atoms with Gasteiger partial charge in [-0.2, -0.15) is 10.2 Å². The van der Waals surface area contributed by atoms with Crippen LogP contribution >= 0.6 is 0 Å². The molecule has 0 unspecified atom stereocenters. The van der Waals surface area contributed by atoms with E-state index in [1.165, 1.54) is 10.9 Å². The van der Waals surface area contributed by atoms with E-state index in [-0.39, 0.29) is 17.9 Å². The van der Waals surface area contributed by atoms with Crippen molar-refractivity contribution in [3.05, 3.63) is 82.9 Å². The van der Waals surface area contributed by atoms with Crippen molar-refractivity contribution in [3.8, 4) is 5.82 Å². The van der Waals surface area contributed by atoms with Crippen molar-refractivity contribution in [1.29, 1.82) is 0 Å². The van der Waals surface area contributed by atoms with Gasteiger partial charge in [-0.05, 0) is 56.2 Å². The van der Waals surface area contributed by atoms with E-state index >= 15 is 0 Å². The fourth-order valence-electron chi connectivity index (χ4n) is 4.18. The number of carbonyl (C=O) groups is 1. The number of aromatic nitrogens is 6. The highest BCUT2D eigenvalue weighted by Crippen LogP contribution is 2.26. The van der Waals surface area contributed by atoms with Crippen LogP contribution in [0.3, 0.4) is 0 Å². The van der Waals surface area contributed by atoms with Crippen LogP contribution in [0, 0.1) is 25.6 Å². The minimum Gasteiger partial charge on any atom is -0.355 e. The van der Waals surface area contributed by atoms with Gasteiger partial charge in [-0.1, -0.05) is 6.07 Å². The van der Waals surface area contributed by atoms with Crippen molar-refractivity contribution in [2.75, 3.05) is 18.0 Å². The molecule has 0 aromatic carbocycles. The van der Waals surface area contributed by atoms with E-state index in [0.29, 0.717) is 25.3 Å². The van der Waals surface area contributed by atoms with E-state index in [1.807, 2.05) is 26.0 Å². The third kappa shape index (κ3) is 5.06. The van der Waals surface area contributed by atoms with Crippen molar-refractivity contribution >= 4 is 11.7 Å². The molecule has 4 aromatic heterocycles. The van der Waals surface area contributed by atoms with Crippen LogP contribution in [0.15, 0.2) is 48.9 Å². The minimum absolute atomic E-state index is 0.00634. The number of hydrogen-bond acceptors (Lipinski definition) is 6. The molecule has 1 aliphatic heterocycles. The molecular formula is C25H27FN8O. The first kappa shape index (κ1) is 22.7. The fourth-order valence-corrected chi connectivity index (χ4v) is 4.18. The molecule has 1 fully saturated rings. The number of aryl methyl sites for hydroxylation is 2. The Kier molecular flexibility index (Phi) is 6.02. The van der Waals surface area contributed by atoms with Crippen LogP contribution in [0.25, 0.3) is 5.82 Å². The Hall–Kier alpha value is -4.08. The summed E-state index contributed by atoms with van der Waals surface area (Å²) in [6.45, 7) is 7.20. The number of aromatic amines is 1. The number of anilines is 1. The molecule has 2 N–H and O–H groups in total. The molecule has 1 saturated heterocycles. The zero-order chi connectivity index (χ0) is 24.5. The highest BCUT2D eigenvalue weighted by molar-refractivity contribution is 5.82. The molecule has 5 heterocycles. The van der Waals surface area contributed by atoms with Crippen LogP contribution in [0.1, 0.15) is 41.2 Å². The van der Waals surface area contributed by atoms with Gasteiger partial charge < -0.3 is 10.2 Å². The molecule has 10 heteroatoms. The van der Waals surface area contributed by atoms with Gasteiger partial charge in [0.1, 0.15) is 5.82 Å². The second-order valence-corrected chi connectivity index (χ2v) is 9.10. The molecule has 1 aliphatic rings. The van der Waals surface area contributed by atoms with Crippen LogP contribution in [0.5, 0.6) is 0 Å². The van der Waals surface area contributed by atoms with Gasteiger partial charge in [0.05, 0.1) is 30.0 Å². The summed E-state index contributed by atoms with van der Waals surface area (Å²) in [4.78, 5) is 24.1. The second-order valence-electron chi connectivity index (χ2n) is 9.10. The van der Waals surface area contributed by atoms with Gasteiger partial charge in [-0.25, -0.2) is 19.0 Å². The van der Waals surface area contributed by atoms with Gasteiger partial charge >= 0.3 is 0 Å². The molecule has 1 atom stereocenters. The Labute approximate surface area is 202 Å². The van der Waals surface area contributed by atoms with E-state index in [0.717, 1.165) is 40.2 Å². The summed E-state index contributed by atoms with van der Waals surface area (Å²) in [6, 6.07) is 9.55. The number of amides is 1. The number of pyridine rings is 2. The number of hydrogen-bond donors (Lipinski definition) is 2. The molecule has 0 bridgehead atoms. The third-order valence-electron chi connectivity index (χ3n) is 6.12.